The molecule has 0 unspecified atom stereocenters. The Bertz CT molecular complexity index is 785. The number of fused-ring (bicyclic) bond motifs is 1. The molecule has 0 saturated carbocycles. The molecule has 2 aromatic heterocycles. The van der Waals surface area contributed by atoms with Crippen molar-refractivity contribution in [1.82, 2.24) is 20.1 Å². The number of rotatable bonds is 4. The van der Waals surface area contributed by atoms with Crippen LogP contribution >= 0.6 is 0 Å². The number of nitrogens with zero attached hydrogens (tertiary/aromatic N) is 2. The normalized spacial score (nSPS) is 11.0. The molecule has 0 atom stereocenters. The molecule has 0 saturated heterocycles. The first-order chi connectivity index (χ1) is 10.2. The molecule has 21 heavy (non-hydrogen) atoms. The second-order valence-electron chi connectivity index (χ2n) is 5.06. The minimum absolute atomic E-state index is 0.0710. The van der Waals surface area contributed by atoms with E-state index in [0.717, 1.165) is 28.6 Å². The van der Waals surface area contributed by atoms with Gasteiger partial charge in [0.15, 0.2) is 0 Å². The van der Waals surface area contributed by atoms with Gasteiger partial charge in [0.2, 0.25) is 0 Å². The Morgan fingerprint density at radius 3 is 3.00 bits per heavy atom. The lowest BCUT2D eigenvalue weighted by molar-refractivity contribution is 0.0952. The molecule has 3 rings (SSSR count). The summed E-state index contributed by atoms with van der Waals surface area (Å²) in [6.45, 7) is 2.56. The Labute approximate surface area is 123 Å². The Kier molecular flexibility index (Phi) is 3.48. The highest BCUT2D eigenvalue weighted by Crippen LogP contribution is 2.17. The molecular weight excluding hydrogens is 264 g/mol. The van der Waals surface area contributed by atoms with Crippen LogP contribution in [-0.2, 0) is 20.0 Å². The Morgan fingerprint density at radius 1 is 1.38 bits per heavy atom. The number of aromatic amines is 1. The molecule has 0 bridgehead atoms. The summed E-state index contributed by atoms with van der Waals surface area (Å²) in [5.74, 6) is -0.0710. The number of amides is 1. The van der Waals surface area contributed by atoms with E-state index in [1.165, 1.54) is 0 Å². The van der Waals surface area contributed by atoms with Crippen molar-refractivity contribution in [2.75, 3.05) is 0 Å². The second-order valence-corrected chi connectivity index (χ2v) is 5.06. The van der Waals surface area contributed by atoms with Gasteiger partial charge in [-0.2, -0.15) is 5.10 Å². The van der Waals surface area contributed by atoms with Gasteiger partial charge in [-0.1, -0.05) is 25.1 Å². The summed E-state index contributed by atoms with van der Waals surface area (Å²) >= 11 is 0. The molecule has 2 heterocycles. The van der Waals surface area contributed by atoms with E-state index in [-0.39, 0.29) is 5.91 Å². The van der Waals surface area contributed by atoms with Crippen LogP contribution in [0.15, 0.2) is 36.7 Å². The zero-order valence-corrected chi connectivity index (χ0v) is 12.2. The van der Waals surface area contributed by atoms with E-state index in [2.05, 4.69) is 22.3 Å². The fourth-order valence-corrected chi connectivity index (χ4v) is 2.56. The highest BCUT2D eigenvalue weighted by Gasteiger charge is 2.12. The molecule has 2 N–H and O–H groups in total. The minimum Gasteiger partial charge on any atom is -0.360 e. The number of hydrogen-bond donors (Lipinski definition) is 2. The first kappa shape index (κ1) is 13.4. The van der Waals surface area contributed by atoms with E-state index < -0.39 is 0 Å². The number of aryl methyl sites for hydroxylation is 2. The number of carbonyl (C=O) groups excluding carboxylic acids is 1. The number of H-pyrrole nitrogens is 1. The van der Waals surface area contributed by atoms with Crippen LogP contribution in [0.2, 0.25) is 0 Å². The monoisotopic (exact) mass is 282 g/mol. The summed E-state index contributed by atoms with van der Waals surface area (Å²) in [6.07, 6.45) is 4.57. The SMILES string of the molecule is CCc1nn(C)cc1CNC(=O)c1c[nH]c2ccccc12. The molecule has 5 nitrogen and oxygen atoms in total. The molecule has 3 aromatic rings. The number of hydrogen-bond acceptors (Lipinski definition) is 2. The van der Waals surface area contributed by atoms with Gasteiger partial charge in [0.05, 0.1) is 11.3 Å². The van der Waals surface area contributed by atoms with E-state index in [1.54, 1.807) is 10.9 Å². The van der Waals surface area contributed by atoms with Gasteiger partial charge < -0.3 is 10.3 Å². The topological polar surface area (TPSA) is 62.7 Å². The summed E-state index contributed by atoms with van der Waals surface area (Å²) in [5, 5.41) is 8.29. The third-order valence-electron chi connectivity index (χ3n) is 3.60. The Balaban J connectivity index is 1.77. The molecule has 0 spiro atoms. The van der Waals surface area contributed by atoms with Gasteiger partial charge >= 0.3 is 0 Å². The van der Waals surface area contributed by atoms with Crippen LogP contribution in [0.5, 0.6) is 0 Å². The van der Waals surface area contributed by atoms with Crippen molar-refractivity contribution in [2.45, 2.75) is 19.9 Å². The van der Waals surface area contributed by atoms with Gasteiger partial charge in [0.25, 0.3) is 5.91 Å². The average molecular weight is 282 g/mol. The molecule has 0 radical (unpaired) electrons. The maximum atomic E-state index is 12.3. The largest absolute Gasteiger partial charge is 0.360 e. The molecule has 0 aliphatic heterocycles. The van der Waals surface area contributed by atoms with Crippen LogP contribution in [0.1, 0.15) is 28.5 Å². The van der Waals surface area contributed by atoms with Gasteiger partial charge in [-0.3, -0.25) is 9.48 Å². The van der Waals surface area contributed by atoms with Crippen molar-refractivity contribution in [3.05, 3.63) is 53.5 Å². The molecular formula is C16H18N4O. The predicted molar refractivity (Wildman–Crippen MR) is 82.1 cm³/mol. The fraction of sp³-hybridized carbons (Fsp3) is 0.250. The van der Waals surface area contributed by atoms with E-state index in [4.69, 9.17) is 0 Å². The van der Waals surface area contributed by atoms with Gasteiger partial charge in [-0.05, 0) is 12.5 Å². The summed E-state index contributed by atoms with van der Waals surface area (Å²) in [5.41, 5.74) is 3.73. The van der Waals surface area contributed by atoms with Gasteiger partial charge in [0, 0.05) is 42.5 Å². The summed E-state index contributed by atoms with van der Waals surface area (Å²) < 4.78 is 1.78. The van der Waals surface area contributed by atoms with Gasteiger partial charge in [0.1, 0.15) is 0 Å². The minimum atomic E-state index is -0.0710. The molecule has 0 aliphatic rings. The predicted octanol–water partition coefficient (Wildman–Crippen LogP) is 2.39. The van der Waals surface area contributed by atoms with Gasteiger partial charge in [-0.25, -0.2) is 0 Å². The highest BCUT2D eigenvalue weighted by molar-refractivity contribution is 6.06. The van der Waals surface area contributed by atoms with Crippen LogP contribution in [0.3, 0.4) is 0 Å². The van der Waals surface area contributed by atoms with Crippen LogP contribution in [-0.4, -0.2) is 20.7 Å². The zero-order chi connectivity index (χ0) is 14.8. The van der Waals surface area contributed by atoms with Crippen molar-refractivity contribution < 1.29 is 4.79 Å². The molecule has 108 valence electrons. The quantitative estimate of drug-likeness (QED) is 0.772. The number of carbonyl (C=O) groups is 1. The zero-order valence-electron chi connectivity index (χ0n) is 12.2. The van der Waals surface area contributed by atoms with Crippen molar-refractivity contribution in [3.63, 3.8) is 0 Å². The smallest absolute Gasteiger partial charge is 0.253 e. The lowest BCUT2D eigenvalue weighted by Crippen LogP contribution is -2.22. The number of aromatic nitrogens is 3. The standard InChI is InChI=1S/C16H18N4O/c1-3-14-11(10-20(2)19-14)8-18-16(21)13-9-17-15-7-5-4-6-12(13)15/h4-7,9-10,17H,3,8H2,1-2H3,(H,18,21). The first-order valence-electron chi connectivity index (χ1n) is 7.04. The number of benzene rings is 1. The van der Waals surface area contributed by atoms with E-state index in [1.807, 2.05) is 37.5 Å². The van der Waals surface area contributed by atoms with Crippen molar-refractivity contribution in [1.29, 1.82) is 0 Å². The fourth-order valence-electron chi connectivity index (χ4n) is 2.56. The van der Waals surface area contributed by atoms with Crippen molar-refractivity contribution >= 4 is 16.8 Å². The third-order valence-corrected chi connectivity index (χ3v) is 3.60. The van der Waals surface area contributed by atoms with Crippen molar-refractivity contribution in [3.8, 4) is 0 Å². The van der Waals surface area contributed by atoms with Crippen LogP contribution < -0.4 is 5.32 Å². The number of para-hydroxylation sites is 1. The van der Waals surface area contributed by atoms with Crippen LogP contribution in [0.4, 0.5) is 0 Å². The van der Waals surface area contributed by atoms with E-state index >= 15 is 0 Å². The molecule has 0 aliphatic carbocycles. The van der Waals surface area contributed by atoms with E-state index in [9.17, 15) is 4.79 Å². The summed E-state index contributed by atoms with van der Waals surface area (Å²) in [6, 6.07) is 7.79. The second kappa shape index (κ2) is 5.44. The summed E-state index contributed by atoms with van der Waals surface area (Å²) in [7, 11) is 1.89. The molecule has 1 amide bonds. The number of nitrogens with one attached hydrogen (secondary N) is 2. The Morgan fingerprint density at radius 2 is 2.19 bits per heavy atom. The molecule has 0 fully saturated rings. The lowest BCUT2D eigenvalue weighted by atomic mass is 10.1. The van der Waals surface area contributed by atoms with E-state index in [0.29, 0.717) is 12.1 Å². The maximum absolute atomic E-state index is 12.3. The molecule has 5 heteroatoms. The first-order valence-corrected chi connectivity index (χ1v) is 7.04. The average Bonchev–Trinajstić information content (AvgIpc) is 3.07. The highest BCUT2D eigenvalue weighted by atomic mass is 16.1. The van der Waals surface area contributed by atoms with Gasteiger partial charge in [-0.15, -0.1) is 0 Å². The summed E-state index contributed by atoms with van der Waals surface area (Å²) in [4.78, 5) is 15.5. The van der Waals surface area contributed by atoms with Crippen LogP contribution in [0.25, 0.3) is 10.9 Å². The maximum Gasteiger partial charge on any atom is 0.253 e. The third kappa shape index (κ3) is 2.54. The van der Waals surface area contributed by atoms with Crippen molar-refractivity contribution in [2.24, 2.45) is 7.05 Å². The lowest BCUT2D eigenvalue weighted by Gasteiger charge is -2.04. The molecule has 1 aromatic carbocycles. The Hall–Kier alpha value is -2.56. The van der Waals surface area contributed by atoms with Crippen LogP contribution in [0, 0.1) is 0 Å².